The molecule has 3 rings (SSSR count). The van der Waals surface area contributed by atoms with Gasteiger partial charge in [-0.25, -0.2) is 0 Å². The summed E-state index contributed by atoms with van der Waals surface area (Å²) >= 11 is 0. The van der Waals surface area contributed by atoms with Gasteiger partial charge < -0.3 is 9.64 Å². The number of ether oxygens (including phenoxy) is 1. The summed E-state index contributed by atoms with van der Waals surface area (Å²) in [5, 5.41) is 0. The Bertz CT molecular complexity index is 744. The Labute approximate surface area is 154 Å². The number of nitrogens with zero attached hydrogens (tertiary/aromatic N) is 1. The molecule has 1 saturated heterocycles. The maximum atomic E-state index is 12.7. The lowest BCUT2D eigenvalue weighted by molar-refractivity contribution is -0.142. The summed E-state index contributed by atoms with van der Waals surface area (Å²) in [7, 11) is 1.41. The molecular weight excluding hydrogens is 326 g/mol. The molecule has 4 heteroatoms. The highest BCUT2D eigenvalue weighted by molar-refractivity contribution is 5.80. The Morgan fingerprint density at radius 1 is 1.04 bits per heavy atom. The van der Waals surface area contributed by atoms with Crippen LogP contribution in [0.4, 0.5) is 0 Å². The number of rotatable bonds is 7. The van der Waals surface area contributed by atoms with Gasteiger partial charge in [0.05, 0.1) is 7.11 Å². The van der Waals surface area contributed by atoms with Crippen molar-refractivity contribution in [1.82, 2.24) is 4.90 Å². The van der Waals surface area contributed by atoms with Crippen LogP contribution in [0.1, 0.15) is 36.8 Å². The van der Waals surface area contributed by atoms with Gasteiger partial charge in [0.25, 0.3) is 0 Å². The summed E-state index contributed by atoms with van der Waals surface area (Å²) in [6.45, 7) is 0.577. The van der Waals surface area contributed by atoms with Crippen molar-refractivity contribution in [2.24, 2.45) is 0 Å². The van der Waals surface area contributed by atoms with Crippen molar-refractivity contribution >= 4 is 11.9 Å². The zero-order valence-corrected chi connectivity index (χ0v) is 15.2. The molecule has 0 bridgehead atoms. The molecule has 0 radical (unpaired) electrons. The molecule has 2 aromatic rings. The average molecular weight is 351 g/mol. The smallest absolute Gasteiger partial charge is 0.305 e. The molecule has 1 unspecified atom stereocenters. The van der Waals surface area contributed by atoms with E-state index in [-0.39, 0.29) is 17.4 Å². The van der Waals surface area contributed by atoms with Crippen molar-refractivity contribution < 1.29 is 14.3 Å². The van der Waals surface area contributed by atoms with Gasteiger partial charge in [-0.1, -0.05) is 60.7 Å². The molecule has 1 atom stereocenters. The normalized spacial score (nSPS) is 19.6. The van der Waals surface area contributed by atoms with E-state index in [2.05, 4.69) is 12.1 Å². The highest BCUT2D eigenvalue weighted by Crippen LogP contribution is 2.38. The van der Waals surface area contributed by atoms with Gasteiger partial charge in [0.1, 0.15) is 0 Å². The molecule has 0 aromatic heterocycles. The van der Waals surface area contributed by atoms with Crippen LogP contribution in [0.25, 0.3) is 0 Å². The molecule has 1 fully saturated rings. The highest BCUT2D eigenvalue weighted by Gasteiger charge is 2.45. The lowest BCUT2D eigenvalue weighted by Crippen LogP contribution is -2.47. The molecule has 0 aliphatic carbocycles. The summed E-state index contributed by atoms with van der Waals surface area (Å²) in [6.07, 6.45) is 2.99. The van der Waals surface area contributed by atoms with E-state index in [1.807, 2.05) is 53.4 Å². The number of likely N-dealkylation sites (tertiary alicyclic amines) is 1. The van der Waals surface area contributed by atoms with Crippen LogP contribution in [0.15, 0.2) is 60.7 Å². The summed E-state index contributed by atoms with van der Waals surface area (Å²) in [6, 6.07) is 20.2. The van der Waals surface area contributed by atoms with Gasteiger partial charge in [-0.2, -0.15) is 0 Å². The number of hydrogen-bond donors (Lipinski definition) is 0. The SMILES string of the molecule is COC(=O)CCC1(Cc2ccccc2)CCC(=O)N1Cc1ccccc1. The van der Waals surface area contributed by atoms with E-state index in [1.54, 1.807) is 0 Å². The minimum absolute atomic E-state index is 0.162. The number of esters is 1. The number of benzene rings is 2. The highest BCUT2D eigenvalue weighted by atomic mass is 16.5. The molecule has 4 nitrogen and oxygen atoms in total. The van der Waals surface area contributed by atoms with Crippen LogP contribution in [0.3, 0.4) is 0 Å². The zero-order valence-electron chi connectivity index (χ0n) is 15.2. The van der Waals surface area contributed by atoms with Crippen LogP contribution < -0.4 is 0 Å². The van der Waals surface area contributed by atoms with Crippen LogP contribution in [0.2, 0.25) is 0 Å². The lowest BCUT2D eigenvalue weighted by Gasteiger charge is -2.39. The topological polar surface area (TPSA) is 46.6 Å². The average Bonchev–Trinajstić information content (AvgIpc) is 2.98. The van der Waals surface area contributed by atoms with Crippen molar-refractivity contribution in [3.8, 4) is 0 Å². The fraction of sp³-hybridized carbons (Fsp3) is 0.364. The first-order chi connectivity index (χ1) is 12.6. The van der Waals surface area contributed by atoms with E-state index < -0.39 is 0 Å². The third kappa shape index (κ3) is 4.13. The molecule has 2 aromatic carbocycles. The van der Waals surface area contributed by atoms with Crippen LogP contribution in [0.5, 0.6) is 0 Å². The van der Waals surface area contributed by atoms with Crippen LogP contribution in [-0.4, -0.2) is 29.4 Å². The lowest BCUT2D eigenvalue weighted by atomic mass is 9.83. The quantitative estimate of drug-likeness (QED) is 0.714. The van der Waals surface area contributed by atoms with Gasteiger partial charge in [-0.05, 0) is 30.4 Å². The molecular formula is C22H25NO3. The van der Waals surface area contributed by atoms with Crippen LogP contribution in [-0.2, 0) is 27.3 Å². The zero-order chi connectivity index (χ0) is 18.4. The third-order valence-corrected chi connectivity index (χ3v) is 5.26. The second kappa shape index (κ2) is 8.17. The molecule has 1 aliphatic heterocycles. The van der Waals surface area contributed by atoms with Gasteiger partial charge in [-0.15, -0.1) is 0 Å². The van der Waals surface area contributed by atoms with E-state index in [0.717, 1.165) is 18.4 Å². The van der Waals surface area contributed by atoms with Crippen molar-refractivity contribution in [3.63, 3.8) is 0 Å². The third-order valence-electron chi connectivity index (χ3n) is 5.26. The fourth-order valence-corrected chi connectivity index (χ4v) is 3.84. The van der Waals surface area contributed by atoms with Crippen molar-refractivity contribution in [2.75, 3.05) is 7.11 Å². The fourth-order valence-electron chi connectivity index (χ4n) is 3.84. The molecule has 1 amide bonds. The predicted molar refractivity (Wildman–Crippen MR) is 100 cm³/mol. The Morgan fingerprint density at radius 2 is 1.65 bits per heavy atom. The van der Waals surface area contributed by atoms with Crippen LogP contribution in [0, 0.1) is 0 Å². The molecule has 0 saturated carbocycles. The first-order valence-corrected chi connectivity index (χ1v) is 9.08. The van der Waals surface area contributed by atoms with E-state index in [1.165, 1.54) is 12.7 Å². The number of carbonyl (C=O) groups is 2. The first-order valence-electron chi connectivity index (χ1n) is 9.08. The van der Waals surface area contributed by atoms with Crippen LogP contribution >= 0.6 is 0 Å². The Kier molecular flexibility index (Phi) is 5.71. The number of methoxy groups -OCH3 is 1. The maximum absolute atomic E-state index is 12.7. The largest absolute Gasteiger partial charge is 0.469 e. The summed E-state index contributed by atoms with van der Waals surface area (Å²) in [5.74, 6) is -0.0638. The van der Waals surface area contributed by atoms with Gasteiger partial charge >= 0.3 is 5.97 Å². The first kappa shape index (κ1) is 18.2. The minimum Gasteiger partial charge on any atom is -0.469 e. The van der Waals surface area contributed by atoms with Gasteiger partial charge in [0.15, 0.2) is 0 Å². The molecule has 26 heavy (non-hydrogen) atoms. The number of hydrogen-bond acceptors (Lipinski definition) is 3. The summed E-state index contributed by atoms with van der Waals surface area (Å²) < 4.78 is 4.84. The van der Waals surface area contributed by atoms with E-state index >= 15 is 0 Å². The second-order valence-electron chi connectivity index (χ2n) is 6.93. The van der Waals surface area contributed by atoms with E-state index in [9.17, 15) is 9.59 Å². The Morgan fingerprint density at radius 3 is 2.27 bits per heavy atom. The number of carbonyl (C=O) groups excluding carboxylic acids is 2. The Balaban J connectivity index is 1.88. The van der Waals surface area contributed by atoms with Gasteiger partial charge in [0.2, 0.25) is 5.91 Å². The molecule has 1 aliphatic rings. The maximum Gasteiger partial charge on any atom is 0.305 e. The summed E-state index contributed by atoms with van der Waals surface area (Å²) in [5.41, 5.74) is 1.95. The molecule has 0 spiro atoms. The monoisotopic (exact) mass is 351 g/mol. The van der Waals surface area contributed by atoms with Crippen molar-refractivity contribution in [1.29, 1.82) is 0 Å². The second-order valence-corrected chi connectivity index (χ2v) is 6.93. The van der Waals surface area contributed by atoms with Crippen molar-refractivity contribution in [2.45, 2.75) is 44.2 Å². The Hall–Kier alpha value is -2.62. The molecule has 0 N–H and O–H groups in total. The van der Waals surface area contributed by atoms with Gasteiger partial charge in [0, 0.05) is 24.9 Å². The minimum atomic E-state index is -0.345. The van der Waals surface area contributed by atoms with Crippen molar-refractivity contribution in [3.05, 3.63) is 71.8 Å². The molecule has 1 heterocycles. The summed E-state index contributed by atoms with van der Waals surface area (Å²) in [4.78, 5) is 26.5. The number of amides is 1. The standard InChI is InChI=1S/C22H25NO3/c1-26-21(25)13-15-22(16-18-8-4-2-5-9-18)14-12-20(24)23(22)17-19-10-6-3-7-11-19/h2-11H,12-17H2,1H3. The van der Waals surface area contributed by atoms with Gasteiger partial charge in [-0.3, -0.25) is 9.59 Å². The predicted octanol–water partition coefficient (Wildman–Crippen LogP) is 3.74. The van der Waals surface area contributed by atoms with E-state index in [0.29, 0.717) is 25.8 Å². The molecule has 136 valence electrons. The van der Waals surface area contributed by atoms with E-state index in [4.69, 9.17) is 4.74 Å².